The second kappa shape index (κ2) is 10.1. The molecule has 4 nitrogen and oxygen atoms in total. The molecule has 0 N–H and O–H groups in total. The summed E-state index contributed by atoms with van der Waals surface area (Å²) in [6, 6.07) is 18.2. The third kappa shape index (κ3) is 5.96. The van der Waals surface area contributed by atoms with Crippen molar-refractivity contribution in [1.29, 1.82) is 0 Å². The standard InChI is InChI=1S/C25H28FNO3/c1-18(2)30-23-12-8-21(9-13-23)25(20-6-10-22(26)11-7-20)14-15-27(19(3)28)17-24-5-4-16-29-24/h4-13,16,18,25H,14-15,17H2,1-3H3. The van der Waals surface area contributed by atoms with Crippen molar-refractivity contribution >= 4 is 5.91 Å². The molecule has 1 aromatic heterocycles. The van der Waals surface area contributed by atoms with Gasteiger partial charge < -0.3 is 14.1 Å². The monoisotopic (exact) mass is 409 g/mol. The second-order valence-corrected chi connectivity index (χ2v) is 7.65. The summed E-state index contributed by atoms with van der Waals surface area (Å²) < 4.78 is 24.6. The fourth-order valence-electron chi connectivity index (χ4n) is 3.50. The van der Waals surface area contributed by atoms with E-state index in [2.05, 4.69) is 0 Å². The van der Waals surface area contributed by atoms with E-state index >= 15 is 0 Å². The highest BCUT2D eigenvalue weighted by atomic mass is 19.1. The second-order valence-electron chi connectivity index (χ2n) is 7.65. The van der Waals surface area contributed by atoms with Gasteiger partial charge in [0.15, 0.2) is 0 Å². The van der Waals surface area contributed by atoms with Crippen LogP contribution in [0.15, 0.2) is 71.3 Å². The van der Waals surface area contributed by atoms with Gasteiger partial charge in [-0.1, -0.05) is 24.3 Å². The van der Waals surface area contributed by atoms with Crippen LogP contribution >= 0.6 is 0 Å². The van der Waals surface area contributed by atoms with Gasteiger partial charge in [-0.05, 0) is 67.8 Å². The molecule has 0 spiro atoms. The van der Waals surface area contributed by atoms with Crippen LogP contribution in [0.2, 0.25) is 0 Å². The Morgan fingerprint density at radius 3 is 2.20 bits per heavy atom. The van der Waals surface area contributed by atoms with Crippen LogP contribution in [0.5, 0.6) is 5.75 Å². The van der Waals surface area contributed by atoms with Crippen molar-refractivity contribution in [1.82, 2.24) is 4.90 Å². The third-order valence-electron chi connectivity index (χ3n) is 4.99. The summed E-state index contributed by atoms with van der Waals surface area (Å²) in [5, 5.41) is 0. The molecular formula is C25H28FNO3. The first-order valence-electron chi connectivity index (χ1n) is 10.2. The van der Waals surface area contributed by atoms with Crippen LogP contribution in [0, 0.1) is 5.82 Å². The molecule has 0 saturated heterocycles. The topological polar surface area (TPSA) is 42.7 Å². The van der Waals surface area contributed by atoms with Crippen LogP contribution in [0.4, 0.5) is 4.39 Å². The van der Waals surface area contributed by atoms with Crippen LogP contribution in [0.25, 0.3) is 0 Å². The Morgan fingerprint density at radius 1 is 1.03 bits per heavy atom. The first-order valence-corrected chi connectivity index (χ1v) is 10.2. The largest absolute Gasteiger partial charge is 0.491 e. The molecule has 2 aromatic carbocycles. The number of nitrogens with zero attached hydrogens (tertiary/aromatic N) is 1. The van der Waals surface area contributed by atoms with E-state index < -0.39 is 0 Å². The number of ether oxygens (including phenoxy) is 1. The van der Waals surface area contributed by atoms with Gasteiger partial charge in [-0.25, -0.2) is 4.39 Å². The maximum absolute atomic E-state index is 13.5. The zero-order valence-corrected chi connectivity index (χ0v) is 17.7. The van der Waals surface area contributed by atoms with Gasteiger partial charge in [0.2, 0.25) is 5.91 Å². The molecule has 0 aliphatic rings. The predicted molar refractivity (Wildman–Crippen MR) is 115 cm³/mol. The molecule has 0 aliphatic carbocycles. The number of hydrogen-bond acceptors (Lipinski definition) is 3. The number of carbonyl (C=O) groups is 1. The molecule has 5 heteroatoms. The molecule has 1 amide bonds. The zero-order valence-electron chi connectivity index (χ0n) is 17.7. The first-order chi connectivity index (χ1) is 14.4. The van der Waals surface area contributed by atoms with Gasteiger partial charge >= 0.3 is 0 Å². The van der Waals surface area contributed by atoms with Crippen molar-refractivity contribution in [3.63, 3.8) is 0 Å². The minimum atomic E-state index is -0.263. The summed E-state index contributed by atoms with van der Waals surface area (Å²) >= 11 is 0. The van der Waals surface area contributed by atoms with Crippen molar-refractivity contribution in [2.24, 2.45) is 0 Å². The van der Waals surface area contributed by atoms with Crippen LogP contribution < -0.4 is 4.74 Å². The van der Waals surface area contributed by atoms with E-state index in [0.717, 1.165) is 22.6 Å². The van der Waals surface area contributed by atoms with E-state index in [-0.39, 0.29) is 23.7 Å². The zero-order chi connectivity index (χ0) is 21.5. The molecule has 1 unspecified atom stereocenters. The molecule has 0 fully saturated rings. The number of carbonyl (C=O) groups excluding carboxylic acids is 1. The van der Waals surface area contributed by atoms with Crippen LogP contribution in [-0.4, -0.2) is 23.5 Å². The Kier molecular flexibility index (Phi) is 7.28. The molecule has 0 aliphatic heterocycles. The molecule has 1 heterocycles. The molecule has 0 saturated carbocycles. The molecule has 30 heavy (non-hydrogen) atoms. The Morgan fingerprint density at radius 2 is 1.67 bits per heavy atom. The van der Waals surface area contributed by atoms with E-state index in [0.29, 0.717) is 19.5 Å². The van der Waals surface area contributed by atoms with Crippen LogP contribution in [0.1, 0.15) is 50.0 Å². The summed E-state index contributed by atoms with van der Waals surface area (Å²) in [5.41, 5.74) is 2.11. The van der Waals surface area contributed by atoms with Crippen LogP contribution in [0.3, 0.4) is 0 Å². The Labute approximate surface area is 177 Å². The Hall–Kier alpha value is -3.08. The van der Waals surface area contributed by atoms with Gasteiger partial charge in [0, 0.05) is 19.4 Å². The summed E-state index contributed by atoms with van der Waals surface area (Å²) in [6.07, 6.45) is 2.42. The lowest BCUT2D eigenvalue weighted by atomic mass is 9.88. The Bertz CT molecular complexity index is 918. The highest BCUT2D eigenvalue weighted by Gasteiger charge is 2.19. The van der Waals surface area contributed by atoms with E-state index in [9.17, 15) is 9.18 Å². The van der Waals surface area contributed by atoms with Crippen molar-refractivity contribution in [2.75, 3.05) is 6.54 Å². The third-order valence-corrected chi connectivity index (χ3v) is 4.99. The van der Waals surface area contributed by atoms with Crippen molar-refractivity contribution in [3.8, 4) is 5.75 Å². The lowest BCUT2D eigenvalue weighted by molar-refractivity contribution is -0.129. The molecule has 3 rings (SSSR count). The highest BCUT2D eigenvalue weighted by Crippen LogP contribution is 2.30. The summed E-state index contributed by atoms with van der Waals surface area (Å²) in [4.78, 5) is 13.9. The minimum Gasteiger partial charge on any atom is -0.491 e. The number of hydrogen-bond donors (Lipinski definition) is 0. The van der Waals surface area contributed by atoms with Crippen LogP contribution in [-0.2, 0) is 11.3 Å². The Balaban J connectivity index is 1.80. The fraction of sp³-hybridized carbons (Fsp3) is 0.320. The summed E-state index contributed by atoms with van der Waals surface area (Å²) in [6.45, 7) is 6.53. The summed E-state index contributed by atoms with van der Waals surface area (Å²) in [7, 11) is 0. The molecule has 158 valence electrons. The van der Waals surface area contributed by atoms with E-state index in [1.807, 2.05) is 62.4 Å². The molecule has 0 radical (unpaired) electrons. The quantitative estimate of drug-likeness (QED) is 0.450. The lowest BCUT2D eigenvalue weighted by Crippen LogP contribution is -2.30. The van der Waals surface area contributed by atoms with Gasteiger partial charge in [0.05, 0.1) is 18.9 Å². The SMILES string of the molecule is CC(=O)N(CCC(c1ccc(F)cc1)c1ccc(OC(C)C)cc1)Cc1ccco1. The molecule has 3 aromatic rings. The lowest BCUT2D eigenvalue weighted by Gasteiger charge is -2.24. The molecular weight excluding hydrogens is 381 g/mol. The minimum absolute atomic E-state index is 0.00932. The number of rotatable bonds is 9. The van der Waals surface area contributed by atoms with Gasteiger partial charge in [-0.3, -0.25) is 4.79 Å². The smallest absolute Gasteiger partial charge is 0.219 e. The average molecular weight is 410 g/mol. The van der Waals surface area contributed by atoms with Crippen molar-refractivity contribution < 1.29 is 18.3 Å². The van der Waals surface area contributed by atoms with E-state index in [1.165, 1.54) is 12.1 Å². The number of benzene rings is 2. The predicted octanol–water partition coefficient (Wildman–Crippen LogP) is 5.78. The number of amides is 1. The fourth-order valence-corrected chi connectivity index (χ4v) is 3.50. The number of halogens is 1. The van der Waals surface area contributed by atoms with E-state index in [4.69, 9.17) is 9.15 Å². The number of furan rings is 1. The van der Waals surface area contributed by atoms with Crippen molar-refractivity contribution in [3.05, 3.63) is 89.6 Å². The van der Waals surface area contributed by atoms with Gasteiger partial charge in [-0.2, -0.15) is 0 Å². The highest BCUT2D eigenvalue weighted by molar-refractivity contribution is 5.73. The molecule has 0 bridgehead atoms. The molecule has 1 atom stereocenters. The average Bonchev–Trinajstić information content (AvgIpc) is 3.22. The van der Waals surface area contributed by atoms with Gasteiger partial charge in [0.25, 0.3) is 0 Å². The maximum Gasteiger partial charge on any atom is 0.219 e. The maximum atomic E-state index is 13.5. The first kappa shape index (κ1) is 21.6. The van der Waals surface area contributed by atoms with Gasteiger partial charge in [-0.15, -0.1) is 0 Å². The van der Waals surface area contributed by atoms with Crippen molar-refractivity contribution in [2.45, 2.75) is 45.8 Å². The normalized spacial score (nSPS) is 12.0. The van der Waals surface area contributed by atoms with Gasteiger partial charge in [0.1, 0.15) is 17.3 Å². The van der Waals surface area contributed by atoms with E-state index in [1.54, 1.807) is 18.1 Å². The summed E-state index contributed by atoms with van der Waals surface area (Å²) in [5.74, 6) is 1.32.